The minimum absolute atomic E-state index is 0.0203. The molecule has 1 aromatic heterocycles. The summed E-state index contributed by atoms with van der Waals surface area (Å²) in [5, 5.41) is 34.2. The lowest BCUT2D eigenvalue weighted by atomic mass is 9.40. The van der Waals surface area contributed by atoms with Gasteiger partial charge in [0.25, 0.3) is 0 Å². The number of aromatic nitrogens is 1. The van der Waals surface area contributed by atoms with E-state index < -0.39 is 40.8 Å². The number of carbonyl (C=O) groups excluding carboxylic acids is 2. The van der Waals surface area contributed by atoms with Crippen molar-refractivity contribution < 1.29 is 34.4 Å². The summed E-state index contributed by atoms with van der Waals surface area (Å²) < 4.78 is 14.2. The molecule has 290 valence electrons. The fraction of sp³-hybridized carbons (Fsp3) is 0.609. The van der Waals surface area contributed by atoms with E-state index in [4.69, 9.17) is 14.6 Å². The van der Waals surface area contributed by atoms with Crippen molar-refractivity contribution in [3.05, 3.63) is 76.0 Å². The number of aliphatic hydroxyl groups excluding tert-OH is 3. The molecule has 0 amide bonds. The molecular weight excluding hydrogens is 679 g/mol. The smallest absolute Gasteiger partial charge is 0.333 e. The largest absolute Gasteiger partial charge is 0.462 e. The van der Waals surface area contributed by atoms with Crippen LogP contribution in [0.1, 0.15) is 139 Å². The molecule has 9 atom stereocenters. The Bertz CT molecular complexity index is 2100. The minimum atomic E-state index is -0.866. The maximum atomic E-state index is 14.9. The SMILES string of the molecule is C=C(C)[C@H]1C(=O)c2c3c(cc4c5c(n1c24)[C@@]1(C)[C@@H](CC[C@H]2[C@](C)(/C=C/C=C(\C)C(=O)OCCCO)[C@@H](O)CC[C@@]21C)C5)C1=CC(C)(C)OC(C)(C)[C@H]1[C@@H]3O. The van der Waals surface area contributed by atoms with Crippen LogP contribution in [0.3, 0.4) is 0 Å². The van der Waals surface area contributed by atoms with Gasteiger partial charge in [0.05, 0.1) is 41.1 Å². The Kier molecular flexibility index (Phi) is 8.43. The molecule has 0 unspecified atom stereocenters. The maximum absolute atomic E-state index is 14.9. The van der Waals surface area contributed by atoms with Crippen LogP contribution in [-0.2, 0) is 26.1 Å². The average Bonchev–Trinajstić information content (AvgIpc) is 3.75. The van der Waals surface area contributed by atoms with Crippen LogP contribution in [0, 0.1) is 28.6 Å². The molecule has 3 N–H and O–H groups in total. The zero-order chi connectivity index (χ0) is 39.1. The van der Waals surface area contributed by atoms with E-state index in [0.29, 0.717) is 29.9 Å². The van der Waals surface area contributed by atoms with Gasteiger partial charge in [0.1, 0.15) is 6.04 Å². The molecular formula is C46H59NO7. The molecule has 0 bridgehead atoms. The number of hydrogen-bond donors (Lipinski definition) is 3. The zero-order valence-corrected chi connectivity index (χ0v) is 33.6. The number of allylic oxidation sites excluding steroid dienone is 3. The lowest BCUT2D eigenvalue weighted by Crippen LogP contribution is -2.62. The summed E-state index contributed by atoms with van der Waals surface area (Å²) >= 11 is 0. The standard InChI is InChI=1S/C46H59NO7/c1-24(2)36-39(51)34-33-27(30-23-42(4,5)54-43(6,7)35(30)38(33)50)22-28-29-21-26-14-15-31-44(8,17-11-13-25(3)41(52)53-20-12-19-48)32(49)16-18-45(31,9)46(26,10)40(29)47(36)37(28)34/h11,13,17,22-23,26,31-32,35-36,38,48-50H,1,12,14-16,18-21H2,2-10H3/b17-11+,25-13+/t26-,31-,32-,35+,36-,38+,44-,45-,46+/m0/s1. The Morgan fingerprint density at radius 3 is 2.50 bits per heavy atom. The van der Waals surface area contributed by atoms with Crippen molar-refractivity contribution in [3.8, 4) is 0 Å². The number of Topliss-reactive ketones (excluding diaryl/α,β-unsaturated/α-hetero) is 1. The number of hydrogen-bond acceptors (Lipinski definition) is 7. The third-order valence-corrected chi connectivity index (χ3v) is 15.3. The third-order valence-electron chi connectivity index (χ3n) is 15.3. The van der Waals surface area contributed by atoms with Gasteiger partial charge < -0.3 is 29.4 Å². The predicted octanol–water partition coefficient (Wildman–Crippen LogP) is 8.02. The number of fused-ring (bicyclic) bond motifs is 11. The van der Waals surface area contributed by atoms with Gasteiger partial charge in [-0.2, -0.15) is 0 Å². The molecule has 0 radical (unpaired) electrons. The minimum Gasteiger partial charge on any atom is -0.462 e. The third kappa shape index (κ3) is 4.81. The van der Waals surface area contributed by atoms with Crippen LogP contribution in [0.5, 0.6) is 0 Å². The van der Waals surface area contributed by atoms with Gasteiger partial charge in [-0.1, -0.05) is 51.2 Å². The van der Waals surface area contributed by atoms with Crippen molar-refractivity contribution in [2.45, 2.75) is 136 Å². The van der Waals surface area contributed by atoms with E-state index in [2.05, 4.69) is 77.8 Å². The number of rotatable bonds is 7. The fourth-order valence-electron chi connectivity index (χ4n) is 12.9. The first-order valence-corrected chi connectivity index (χ1v) is 20.1. The van der Waals surface area contributed by atoms with Gasteiger partial charge in [-0.15, -0.1) is 0 Å². The fourth-order valence-corrected chi connectivity index (χ4v) is 12.9. The first kappa shape index (κ1) is 37.6. The van der Waals surface area contributed by atoms with Gasteiger partial charge in [0.2, 0.25) is 0 Å². The summed E-state index contributed by atoms with van der Waals surface area (Å²) in [6, 6.07) is 1.75. The van der Waals surface area contributed by atoms with Gasteiger partial charge in [0.15, 0.2) is 5.78 Å². The summed E-state index contributed by atoms with van der Waals surface area (Å²) in [5.74, 6) is -0.166. The number of benzene rings is 1. The first-order chi connectivity index (χ1) is 25.2. The summed E-state index contributed by atoms with van der Waals surface area (Å²) in [7, 11) is 0. The molecule has 1 aromatic carbocycles. The molecule has 6 aliphatic rings. The average molecular weight is 738 g/mol. The van der Waals surface area contributed by atoms with E-state index in [-0.39, 0.29) is 41.7 Å². The number of ketones is 1. The molecule has 8 rings (SSSR count). The van der Waals surface area contributed by atoms with Gasteiger partial charge in [-0.3, -0.25) is 4.79 Å². The second kappa shape index (κ2) is 12.1. The molecule has 2 aliphatic heterocycles. The highest BCUT2D eigenvalue weighted by Gasteiger charge is 2.67. The predicted molar refractivity (Wildman–Crippen MR) is 210 cm³/mol. The number of carbonyl (C=O) groups is 2. The van der Waals surface area contributed by atoms with Crippen molar-refractivity contribution in [1.29, 1.82) is 0 Å². The Labute approximate surface area is 320 Å². The molecule has 0 saturated heterocycles. The highest BCUT2D eigenvalue weighted by Crippen LogP contribution is 2.71. The van der Waals surface area contributed by atoms with Crippen LogP contribution in [0.25, 0.3) is 16.5 Å². The second-order valence-electron chi connectivity index (χ2n) is 19.2. The number of esters is 1. The zero-order valence-electron chi connectivity index (χ0n) is 33.6. The van der Waals surface area contributed by atoms with Crippen LogP contribution in [0.2, 0.25) is 0 Å². The van der Waals surface area contributed by atoms with Gasteiger partial charge in [-0.05, 0) is 120 Å². The molecule has 2 aromatic rings. The van der Waals surface area contributed by atoms with Crippen molar-refractivity contribution in [1.82, 2.24) is 4.57 Å². The molecule has 8 nitrogen and oxygen atoms in total. The monoisotopic (exact) mass is 737 g/mol. The van der Waals surface area contributed by atoms with Crippen molar-refractivity contribution in [3.63, 3.8) is 0 Å². The van der Waals surface area contributed by atoms with E-state index in [1.54, 1.807) is 13.0 Å². The molecule has 8 heteroatoms. The molecule has 0 spiro atoms. The van der Waals surface area contributed by atoms with Crippen molar-refractivity contribution >= 4 is 28.2 Å². The lowest BCUT2D eigenvalue weighted by molar-refractivity contribution is -0.144. The topological polar surface area (TPSA) is 118 Å². The van der Waals surface area contributed by atoms with Crippen LogP contribution in [0.4, 0.5) is 0 Å². The summed E-state index contributed by atoms with van der Waals surface area (Å²) in [4.78, 5) is 27.5. The summed E-state index contributed by atoms with van der Waals surface area (Å²) in [6.45, 7) is 23.5. The quantitative estimate of drug-likeness (QED) is 0.0866. The summed E-state index contributed by atoms with van der Waals surface area (Å²) in [5.41, 5.74) is 6.02. The second-order valence-corrected chi connectivity index (χ2v) is 19.2. The van der Waals surface area contributed by atoms with Gasteiger partial charge >= 0.3 is 5.97 Å². The molecule has 2 saturated carbocycles. The van der Waals surface area contributed by atoms with E-state index in [9.17, 15) is 19.8 Å². The molecule has 4 aliphatic carbocycles. The molecule has 54 heavy (non-hydrogen) atoms. The highest BCUT2D eigenvalue weighted by atomic mass is 16.5. The summed E-state index contributed by atoms with van der Waals surface area (Å²) in [6.07, 6.45) is 11.3. The number of aliphatic hydroxyl groups is 3. The van der Waals surface area contributed by atoms with Crippen LogP contribution < -0.4 is 0 Å². The Balaban J connectivity index is 1.28. The first-order valence-electron chi connectivity index (χ1n) is 20.1. The van der Waals surface area contributed by atoms with Crippen LogP contribution in [-0.4, -0.2) is 62.2 Å². The van der Waals surface area contributed by atoms with Crippen molar-refractivity contribution in [2.75, 3.05) is 13.2 Å². The lowest BCUT2D eigenvalue weighted by Gasteiger charge is -2.64. The maximum Gasteiger partial charge on any atom is 0.333 e. The normalized spacial score (nSPS) is 37.1. The Hall–Kier alpha value is -3.30. The highest BCUT2D eigenvalue weighted by molar-refractivity contribution is 6.18. The van der Waals surface area contributed by atoms with E-state index >= 15 is 0 Å². The Morgan fingerprint density at radius 2 is 1.81 bits per heavy atom. The number of ether oxygens (including phenoxy) is 2. The van der Waals surface area contributed by atoms with E-state index in [1.807, 2.05) is 13.0 Å². The van der Waals surface area contributed by atoms with E-state index in [1.165, 1.54) is 11.3 Å². The Morgan fingerprint density at radius 1 is 1.09 bits per heavy atom. The van der Waals surface area contributed by atoms with Gasteiger partial charge in [0, 0.05) is 52.0 Å². The molecule has 2 fully saturated rings. The van der Waals surface area contributed by atoms with Gasteiger partial charge in [-0.25, -0.2) is 4.79 Å². The van der Waals surface area contributed by atoms with Crippen LogP contribution >= 0.6 is 0 Å². The van der Waals surface area contributed by atoms with Crippen molar-refractivity contribution in [2.24, 2.45) is 28.6 Å². The molecule has 3 heterocycles. The van der Waals surface area contributed by atoms with E-state index in [0.717, 1.165) is 58.9 Å². The number of nitrogens with zero attached hydrogens (tertiary/aromatic N) is 1. The van der Waals surface area contributed by atoms with Crippen LogP contribution in [0.15, 0.2) is 48.1 Å².